The van der Waals surface area contributed by atoms with Crippen molar-refractivity contribution in [2.45, 2.75) is 12.8 Å². The van der Waals surface area contributed by atoms with Crippen LogP contribution in [0.15, 0.2) is 42.5 Å². The highest BCUT2D eigenvalue weighted by atomic mass is 16.5. The molecule has 0 aliphatic carbocycles. The fourth-order valence-electron chi connectivity index (χ4n) is 2.36. The van der Waals surface area contributed by atoms with Crippen LogP contribution in [0.5, 0.6) is 11.5 Å². The predicted molar refractivity (Wildman–Crippen MR) is 97.3 cm³/mol. The zero-order valence-electron chi connectivity index (χ0n) is 14.6. The van der Waals surface area contributed by atoms with Crippen LogP contribution in [-0.4, -0.2) is 34.2 Å². The number of carbonyl (C=O) groups excluding carboxylic acids is 1. The molecule has 0 unspecified atom stereocenters. The Hall–Kier alpha value is -2.69. The average molecular weight is 328 g/mol. The SMILES string of the molecule is COc1ccc(CCC(=O)Nc2ccc(N(C)C)cc2)cc1OC. The second kappa shape index (κ2) is 8.24. The first-order chi connectivity index (χ1) is 11.5. The summed E-state index contributed by atoms with van der Waals surface area (Å²) in [5.74, 6) is 1.35. The second-order valence-electron chi connectivity index (χ2n) is 5.68. The maximum atomic E-state index is 12.1. The topological polar surface area (TPSA) is 50.8 Å². The summed E-state index contributed by atoms with van der Waals surface area (Å²) < 4.78 is 10.5. The molecule has 1 N–H and O–H groups in total. The molecular formula is C19H24N2O3. The summed E-state index contributed by atoms with van der Waals surface area (Å²) in [6.45, 7) is 0. The number of aryl methyl sites for hydroxylation is 1. The van der Waals surface area contributed by atoms with Gasteiger partial charge in [0.25, 0.3) is 0 Å². The van der Waals surface area contributed by atoms with Gasteiger partial charge in [-0.1, -0.05) is 6.07 Å². The van der Waals surface area contributed by atoms with Gasteiger partial charge in [-0.05, 0) is 48.4 Å². The highest BCUT2D eigenvalue weighted by Gasteiger charge is 2.07. The van der Waals surface area contributed by atoms with E-state index in [-0.39, 0.29) is 5.91 Å². The van der Waals surface area contributed by atoms with Gasteiger partial charge >= 0.3 is 0 Å². The molecule has 0 heterocycles. The number of amides is 1. The van der Waals surface area contributed by atoms with E-state index in [4.69, 9.17) is 9.47 Å². The van der Waals surface area contributed by atoms with Gasteiger partial charge in [0.1, 0.15) is 0 Å². The molecule has 2 aromatic rings. The average Bonchev–Trinajstić information content (AvgIpc) is 2.60. The molecule has 0 radical (unpaired) electrons. The number of hydrogen-bond donors (Lipinski definition) is 1. The Bertz CT molecular complexity index is 682. The van der Waals surface area contributed by atoms with Crippen molar-refractivity contribution in [2.75, 3.05) is 38.5 Å². The lowest BCUT2D eigenvalue weighted by molar-refractivity contribution is -0.116. The molecule has 5 heteroatoms. The third-order valence-electron chi connectivity index (χ3n) is 3.76. The van der Waals surface area contributed by atoms with E-state index in [0.717, 1.165) is 16.9 Å². The zero-order chi connectivity index (χ0) is 17.5. The number of anilines is 2. The highest BCUT2D eigenvalue weighted by Crippen LogP contribution is 2.28. The van der Waals surface area contributed by atoms with Crippen LogP contribution in [-0.2, 0) is 11.2 Å². The van der Waals surface area contributed by atoms with Crippen molar-refractivity contribution >= 4 is 17.3 Å². The van der Waals surface area contributed by atoms with E-state index in [1.165, 1.54) is 0 Å². The van der Waals surface area contributed by atoms with E-state index >= 15 is 0 Å². The van der Waals surface area contributed by atoms with Gasteiger partial charge < -0.3 is 19.7 Å². The van der Waals surface area contributed by atoms with Gasteiger partial charge in [0, 0.05) is 31.9 Å². The van der Waals surface area contributed by atoms with Crippen LogP contribution >= 0.6 is 0 Å². The lowest BCUT2D eigenvalue weighted by Crippen LogP contribution is -2.13. The molecule has 0 fully saturated rings. The van der Waals surface area contributed by atoms with Crippen LogP contribution in [0.4, 0.5) is 11.4 Å². The number of rotatable bonds is 7. The first kappa shape index (κ1) is 17.7. The quantitative estimate of drug-likeness (QED) is 0.847. The van der Waals surface area contributed by atoms with Crippen molar-refractivity contribution in [1.29, 1.82) is 0 Å². The van der Waals surface area contributed by atoms with Gasteiger partial charge in [-0.15, -0.1) is 0 Å². The summed E-state index contributed by atoms with van der Waals surface area (Å²) in [6, 6.07) is 13.5. The Kier molecular flexibility index (Phi) is 6.07. The van der Waals surface area contributed by atoms with Crippen molar-refractivity contribution in [3.8, 4) is 11.5 Å². The molecule has 0 aliphatic rings. The van der Waals surface area contributed by atoms with Crippen LogP contribution in [0, 0.1) is 0 Å². The molecule has 24 heavy (non-hydrogen) atoms. The van der Waals surface area contributed by atoms with E-state index in [2.05, 4.69) is 5.32 Å². The summed E-state index contributed by atoms with van der Waals surface area (Å²) in [7, 11) is 7.17. The van der Waals surface area contributed by atoms with Crippen molar-refractivity contribution in [1.82, 2.24) is 0 Å². The molecule has 0 saturated heterocycles. The van der Waals surface area contributed by atoms with E-state index in [9.17, 15) is 4.79 Å². The van der Waals surface area contributed by atoms with E-state index in [0.29, 0.717) is 24.3 Å². The minimum Gasteiger partial charge on any atom is -0.493 e. The van der Waals surface area contributed by atoms with Gasteiger partial charge in [0.15, 0.2) is 11.5 Å². The number of ether oxygens (including phenoxy) is 2. The maximum absolute atomic E-state index is 12.1. The molecule has 2 aromatic carbocycles. The zero-order valence-corrected chi connectivity index (χ0v) is 14.6. The van der Waals surface area contributed by atoms with Crippen molar-refractivity contribution < 1.29 is 14.3 Å². The number of nitrogens with one attached hydrogen (secondary N) is 1. The summed E-state index contributed by atoms with van der Waals surface area (Å²) in [5.41, 5.74) is 2.93. The third kappa shape index (κ3) is 4.65. The number of benzene rings is 2. The number of hydrogen-bond acceptors (Lipinski definition) is 4. The highest BCUT2D eigenvalue weighted by molar-refractivity contribution is 5.91. The lowest BCUT2D eigenvalue weighted by Gasteiger charge is -2.13. The van der Waals surface area contributed by atoms with Gasteiger partial charge in [0.2, 0.25) is 5.91 Å². The first-order valence-electron chi connectivity index (χ1n) is 7.81. The molecule has 0 aliphatic heterocycles. The summed E-state index contributed by atoms with van der Waals surface area (Å²) in [5, 5.41) is 2.92. The van der Waals surface area contributed by atoms with E-state index in [1.54, 1.807) is 14.2 Å². The van der Waals surface area contributed by atoms with Gasteiger partial charge in [0.05, 0.1) is 14.2 Å². The standard InChI is InChI=1S/C19H24N2O3/c1-21(2)16-9-7-15(8-10-16)20-19(22)12-6-14-5-11-17(23-3)18(13-14)24-4/h5,7-11,13H,6,12H2,1-4H3,(H,20,22). The molecule has 0 bridgehead atoms. The molecule has 5 nitrogen and oxygen atoms in total. The molecule has 128 valence electrons. The Labute approximate surface area is 143 Å². The minimum absolute atomic E-state index is 0.0117. The van der Waals surface area contributed by atoms with Crippen molar-refractivity contribution in [2.24, 2.45) is 0 Å². The van der Waals surface area contributed by atoms with Gasteiger partial charge in [-0.25, -0.2) is 0 Å². The Morgan fingerprint density at radius 3 is 2.25 bits per heavy atom. The second-order valence-corrected chi connectivity index (χ2v) is 5.68. The van der Waals surface area contributed by atoms with Crippen molar-refractivity contribution in [3.63, 3.8) is 0 Å². The van der Waals surface area contributed by atoms with Crippen LogP contribution in [0.2, 0.25) is 0 Å². The minimum atomic E-state index is -0.0117. The van der Waals surface area contributed by atoms with Crippen molar-refractivity contribution in [3.05, 3.63) is 48.0 Å². The van der Waals surface area contributed by atoms with E-state index in [1.807, 2.05) is 61.5 Å². The maximum Gasteiger partial charge on any atom is 0.224 e. The smallest absolute Gasteiger partial charge is 0.224 e. The Balaban J connectivity index is 1.91. The van der Waals surface area contributed by atoms with Crippen LogP contribution in [0.3, 0.4) is 0 Å². The molecule has 2 rings (SSSR count). The summed E-state index contributed by atoms with van der Waals surface area (Å²) >= 11 is 0. The van der Waals surface area contributed by atoms with E-state index < -0.39 is 0 Å². The normalized spacial score (nSPS) is 10.2. The fourth-order valence-corrected chi connectivity index (χ4v) is 2.36. The fraction of sp³-hybridized carbons (Fsp3) is 0.316. The predicted octanol–water partition coefficient (Wildman–Crippen LogP) is 3.34. The largest absolute Gasteiger partial charge is 0.493 e. The monoisotopic (exact) mass is 328 g/mol. The molecule has 1 amide bonds. The van der Waals surface area contributed by atoms with Crippen LogP contribution in [0.1, 0.15) is 12.0 Å². The number of methoxy groups -OCH3 is 2. The summed E-state index contributed by atoms with van der Waals surface area (Å²) in [6.07, 6.45) is 1.05. The lowest BCUT2D eigenvalue weighted by atomic mass is 10.1. The van der Waals surface area contributed by atoms with Crippen LogP contribution in [0.25, 0.3) is 0 Å². The molecule has 0 spiro atoms. The van der Waals surface area contributed by atoms with Gasteiger partial charge in [-0.2, -0.15) is 0 Å². The molecule has 0 aromatic heterocycles. The number of nitrogens with zero attached hydrogens (tertiary/aromatic N) is 1. The number of carbonyl (C=O) groups is 1. The van der Waals surface area contributed by atoms with Crippen LogP contribution < -0.4 is 19.7 Å². The Morgan fingerprint density at radius 1 is 1.00 bits per heavy atom. The Morgan fingerprint density at radius 2 is 1.67 bits per heavy atom. The summed E-state index contributed by atoms with van der Waals surface area (Å²) in [4.78, 5) is 14.1. The molecule has 0 atom stereocenters. The molecular weight excluding hydrogens is 304 g/mol. The third-order valence-corrected chi connectivity index (χ3v) is 3.76. The van der Waals surface area contributed by atoms with Gasteiger partial charge in [-0.3, -0.25) is 4.79 Å². The molecule has 0 saturated carbocycles. The first-order valence-corrected chi connectivity index (χ1v) is 7.81.